The van der Waals surface area contributed by atoms with E-state index in [1.165, 1.54) is 11.0 Å². The predicted molar refractivity (Wildman–Crippen MR) is 121 cm³/mol. The standard InChI is InChI=1S/C22H18F3N9O/c1-32(11-14-4-6-17(31-30-14)13-8-28-34(10-13)22(23,24)25)21(35)12-3-5-18-15(7-12)19-16(20(26)29-18)9-27-33(19)2/h3-10H,11H2,1-2H3,(H2,26,29). The molecule has 2 N–H and O–H groups in total. The minimum atomic E-state index is -4.61. The topological polar surface area (TPSA) is 121 Å². The number of nitrogens with zero attached hydrogens (tertiary/aromatic N) is 8. The molecule has 178 valence electrons. The average Bonchev–Trinajstić information content (AvgIpc) is 3.47. The lowest BCUT2D eigenvalue weighted by Gasteiger charge is -2.17. The molecule has 10 nitrogen and oxygen atoms in total. The summed E-state index contributed by atoms with van der Waals surface area (Å²) in [6, 6.07) is 8.28. The second-order valence-electron chi connectivity index (χ2n) is 7.97. The maximum atomic E-state index is 13.1. The van der Waals surface area contributed by atoms with E-state index in [9.17, 15) is 18.0 Å². The minimum Gasteiger partial charge on any atom is -0.383 e. The van der Waals surface area contributed by atoms with Gasteiger partial charge in [-0.05, 0) is 30.3 Å². The van der Waals surface area contributed by atoms with Gasteiger partial charge in [-0.3, -0.25) is 9.48 Å². The molecular weight excluding hydrogens is 463 g/mol. The van der Waals surface area contributed by atoms with Crippen LogP contribution >= 0.6 is 0 Å². The maximum Gasteiger partial charge on any atom is 0.504 e. The largest absolute Gasteiger partial charge is 0.504 e. The van der Waals surface area contributed by atoms with Crippen molar-refractivity contribution in [1.29, 1.82) is 0 Å². The van der Waals surface area contributed by atoms with E-state index in [0.717, 1.165) is 23.3 Å². The van der Waals surface area contributed by atoms with Crippen molar-refractivity contribution < 1.29 is 18.0 Å². The second kappa shape index (κ2) is 8.04. The van der Waals surface area contributed by atoms with Crippen LogP contribution in [0.5, 0.6) is 0 Å². The fraction of sp³-hybridized carbons (Fsp3) is 0.182. The molecule has 4 aromatic heterocycles. The zero-order valence-corrected chi connectivity index (χ0v) is 18.5. The maximum absolute atomic E-state index is 13.1. The van der Waals surface area contributed by atoms with Gasteiger partial charge in [0.05, 0.1) is 46.7 Å². The van der Waals surface area contributed by atoms with Gasteiger partial charge in [0, 0.05) is 36.8 Å². The Morgan fingerprint density at radius 3 is 2.57 bits per heavy atom. The number of alkyl halides is 3. The Balaban J connectivity index is 1.36. The molecule has 0 saturated heterocycles. The predicted octanol–water partition coefficient (Wildman–Crippen LogP) is 3.11. The fourth-order valence-electron chi connectivity index (χ4n) is 3.82. The third-order valence-electron chi connectivity index (χ3n) is 5.56. The molecule has 0 unspecified atom stereocenters. The fourth-order valence-corrected chi connectivity index (χ4v) is 3.82. The summed E-state index contributed by atoms with van der Waals surface area (Å²) in [5.41, 5.74) is 8.78. The first-order chi connectivity index (χ1) is 16.6. The number of fused-ring (bicyclic) bond motifs is 3. The number of halogens is 3. The quantitative estimate of drug-likeness (QED) is 0.419. The number of hydrogen-bond donors (Lipinski definition) is 1. The molecule has 0 aliphatic carbocycles. The highest BCUT2D eigenvalue weighted by molar-refractivity contribution is 6.10. The highest BCUT2D eigenvalue weighted by Gasteiger charge is 2.31. The van der Waals surface area contributed by atoms with Gasteiger partial charge in [0.15, 0.2) is 0 Å². The number of pyridine rings is 1. The van der Waals surface area contributed by atoms with Crippen LogP contribution in [0.3, 0.4) is 0 Å². The van der Waals surface area contributed by atoms with E-state index < -0.39 is 6.30 Å². The van der Waals surface area contributed by atoms with Crippen LogP contribution in [0, 0.1) is 0 Å². The molecule has 13 heteroatoms. The number of hydrogen-bond acceptors (Lipinski definition) is 7. The number of nitrogens with two attached hydrogens (primary N) is 1. The molecule has 0 spiro atoms. The molecule has 5 rings (SSSR count). The van der Waals surface area contributed by atoms with Gasteiger partial charge in [-0.15, -0.1) is 13.2 Å². The van der Waals surface area contributed by atoms with Gasteiger partial charge in [0.25, 0.3) is 5.91 Å². The molecule has 0 bridgehead atoms. The minimum absolute atomic E-state index is 0.100. The molecule has 0 saturated carbocycles. The molecule has 0 radical (unpaired) electrons. The molecule has 4 heterocycles. The molecule has 1 aromatic carbocycles. The second-order valence-corrected chi connectivity index (χ2v) is 7.97. The van der Waals surface area contributed by atoms with Crippen LogP contribution < -0.4 is 5.73 Å². The summed E-state index contributed by atoms with van der Waals surface area (Å²) in [4.78, 5) is 19.0. The van der Waals surface area contributed by atoms with Gasteiger partial charge in [0.2, 0.25) is 0 Å². The number of nitrogen functional groups attached to an aromatic ring is 1. The van der Waals surface area contributed by atoms with Crippen molar-refractivity contribution in [2.75, 3.05) is 12.8 Å². The number of anilines is 1. The van der Waals surface area contributed by atoms with E-state index in [2.05, 4.69) is 25.4 Å². The molecule has 5 aromatic rings. The first-order valence-corrected chi connectivity index (χ1v) is 10.3. The van der Waals surface area contributed by atoms with Crippen molar-refractivity contribution >= 4 is 33.5 Å². The lowest BCUT2D eigenvalue weighted by Crippen LogP contribution is -2.26. The third kappa shape index (κ3) is 4.00. The lowest BCUT2D eigenvalue weighted by molar-refractivity contribution is -0.212. The molecular formula is C22H18F3N9O. The Kier molecular flexibility index (Phi) is 5.11. The van der Waals surface area contributed by atoms with Gasteiger partial charge in [-0.1, -0.05) is 0 Å². The van der Waals surface area contributed by atoms with Crippen LogP contribution in [-0.2, 0) is 19.9 Å². The number of aromatic nitrogens is 7. The number of amides is 1. The lowest BCUT2D eigenvalue weighted by atomic mass is 10.1. The Morgan fingerprint density at radius 2 is 1.89 bits per heavy atom. The zero-order chi connectivity index (χ0) is 24.9. The molecule has 35 heavy (non-hydrogen) atoms. The zero-order valence-electron chi connectivity index (χ0n) is 18.5. The summed E-state index contributed by atoms with van der Waals surface area (Å²) in [5, 5.41) is 17.0. The Bertz CT molecular complexity index is 1570. The summed E-state index contributed by atoms with van der Waals surface area (Å²) >= 11 is 0. The Labute approximate surface area is 195 Å². The smallest absolute Gasteiger partial charge is 0.383 e. The highest BCUT2D eigenvalue weighted by Crippen LogP contribution is 2.28. The van der Waals surface area contributed by atoms with Crippen LogP contribution in [-0.4, -0.2) is 52.6 Å². The number of carbonyl (C=O) groups is 1. The van der Waals surface area contributed by atoms with Gasteiger partial charge in [-0.25, -0.2) is 4.98 Å². The van der Waals surface area contributed by atoms with Crippen molar-refractivity contribution in [1.82, 2.24) is 39.6 Å². The Morgan fingerprint density at radius 1 is 1.09 bits per heavy atom. The normalized spacial score (nSPS) is 11.9. The van der Waals surface area contributed by atoms with Crippen LogP contribution in [0.1, 0.15) is 16.1 Å². The molecule has 0 aliphatic heterocycles. The molecule has 0 aliphatic rings. The molecule has 0 atom stereocenters. The SMILES string of the molecule is CN(Cc1ccc(-c2cnn(C(F)(F)F)c2)nn1)C(=O)c1ccc2nc(N)c3cnn(C)c3c2c1. The monoisotopic (exact) mass is 481 g/mol. The van der Waals surface area contributed by atoms with Crippen molar-refractivity contribution in [2.45, 2.75) is 12.8 Å². The van der Waals surface area contributed by atoms with E-state index in [1.54, 1.807) is 49.2 Å². The van der Waals surface area contributed by atoms with E-state index in [1.807, 2.05) is 0 Å². The van der Waals surface area contributed by atoms with Crippen molar-refractivity contribution in [3.63, 3.8) is 0 Å². The number of aryl methyl sites for hydroxylation is 1. The number of carbonyl (C=O) groups excluding carboxylic acids is 1. The molecule has 1 amide bonds. The van der Waals surface area contributed by atoms with Crippen LogP contribution in [0.15, 0.2) is 48.9 Å². The summed E-state index contributed by atoms with van der Waals surface area (Å²) in [5.74, 6) is 0.112. The van der Waals surface area contributed by atoms with E-state index in [-0.39, 0.29) is 28.4 Å². The van der Waals surface area contributed by atoms with Crippen LogP contribution in [0.2, 0.25) is 0 Å². The summed E-state index contributed by atoms with van der Waals surface area (Å²) in [7, 11) is 3.41. The van der Waals surface area contributed by atoms with Crippen molar-refractivity contribution in [2.24, 2.45) is 7.05 Å². The van der Waals surface area contributed by atoms with Crippen molar-refractivity contribution in [3.05, 3.63) is 60.2 Å². The first kappa shape index (κ1) is 22.3. The van der Waals surface area contributed by atoms with Crippen LogP contribution in [0.25, 0.3) is 33.1 Å². The van der Waals surface area contributed by atoms with Crippen molar-refractivity contribution in [3.8, 4) is 11.3 Å². The van der Waals surface area contributed by atoms with Gasteiger partial charge < -0.3 is 10.6 Å². The summed E-state index contributed by atoms with van der Waals surface area (Å²) in [6.07, 6.45) is -1.08. The molecule has 0 fully saturated rings. The average molecular weight is 481 g/mol. The van der Waals surface area contributed by atoms with E-state index >= 15 is 0 Å². The van der Waals surface area contributed by atoms with Gasteiger partial charge in [-0.2, -0.15) is 25.1 Å². The number of rotatable bonds is 4. The highest BCUT2D eigenvalue weighted by atomic mass is 19.4. The third-order valence-corrected chi connectivity index (χ3v) is 5.56. The van der Waals surface area contributed by atoms with Crippen LogP contribution in [0.4, 0.5) is 19.0 Å². The van der Waals surface area contributed by atoms with E-state index in [4.69, 9.17) is 5.73 Å². The van der Waals surface area contributed by atoms with Gasteiger partial charge >= 0.3 is 6.30 Å². The Hall–Kier alpha value is -4.55. The first-order valence-electron chi connectivity index (χ1n) is 10.3. The van der Waals surface area contributed by atoms with E-state index in [0.29, 0.717) is 28.0 Å². The van der Waals surface area contributed by atoms with Gasteiger partial charge in [0.1, 0.15) is 5.82 Å². The number of benzene rings is 1. The summed E-state index contributed by atoms with van der Waals surface area (Å²) in [6.45, 7) is 0.146. The summed E-state index contributed by atoms with van der Waals surface area (Å²) < 4.78 is 39.8.